The molecule has 0 saturated carbocycles. The van der Waals surface area contributed by atoms with Crippen LogP contribution in [0.25, 0.3) is 10.9 Å². The third kappa shape index (κ3) is 4.07. The van der Waals surface area contributed by atoms with Gasteiger partial charge in [-0.15, -0.1) is 0 Å². The van der Waals surface area contributed by atoms with Gasteiger partial charge in [-0.3, -0.25) is 0 Å². The van der Waals surface area contributed by atoms with Crippen LogP contribution in [-0.4, -0.2) is 30.3 Å². The first kappa shape index (κ1) is 16.4. The van der Waals surface area contributed by atoms with Crippen molar-refractivity contribution < 1.29 is 9.47 Å². The Balaban J connectivity index is 1.84. The van der Waals surface area contributed by atoms with Crippen molar-refractivity contribution in [2.24, 2.45) is 0 Å². The third-order valence-electron chi connectivity index (χ3n) is 3.68. The highest BCUT2D eigenvalue weighted by Crippen LogP contribution is 2.24. The van der Waals surface area contributed by atoms with E-state index in [-0.39, 0.29) is 0 Å². The number of methoxy groups -OCH3 is 1. The highest BCUT2D eigenvalue weighted by molar-refractivity contribution is 5.91. The monoisotopic (exact) mass is 323 g/mol. The van der Waals surface area contributed by atoms with Crippen molar-refractivity contribution in [1.29, 1.82) is 0 Å². The van der Waals surface area contributed by atoms with Gasteiger partial charge in [-0.2, -0.15) is 0 Å². The Labute approximate surface area is 141 Å². The molecule has 5 heteroatoms. The van der Waals surface area contributed by atoms with Crippen LogP contribution in [0, 0.1) is 6.92 Å². The van der Waals surface area contributed by atoms with Crippen molar-refractivity contribution >= 4 is 22.4 Å². The zero-order valence-electron chi connectivity index (χ0n) is 14.0. The van der Waals surface area contributed by atoms with Gasteiger partial charge in [0.1, 0.15) is 12.1 Å². The summed E-state index contributed by atoms with van der Waals surface area (Å²) < 4.78 is 10.6. The lowest BCUT2D eigenvalue weighted by molar-refractivity contribution is 0.0617. The number of aryl methyl sites for hydroxylation is 1. The molecule has 3 aromatic rings. The molecule has 24 heavy (non-hydrogen) atoms. The number of fused-ring (bicyclic) bond motifs is 1. The number of aromatic nitrogens is 2. The number of nitrogens with one attached hydrogen (secondary N) is 1. The minimum absolute atomic E-state index is 0.540. The van der Waals surface area contributed by atoms with E-state index in [1.807, 2.05) is 24.3 Å². The molecule has 0 bridgehead atoms. The van der Waals surface area contributed by atoms with E-state index in [0.29, 0.717) is 19.8 Å². The molecular weight excluding hydrogens is 302 g/mol. The number of hydrogen-bond acceptors (Lipinski definition) is 5. The van der Waals surface area contributed by atoms with E-state index < -0.39 is 0 Å². The molecule has 2 aromatic carbocycles. The molecule has 0 aliphatic heterocycles. The second-order valence-electron chi connectivity index (χ2n) is 5.61. The zero-order chi connectivity index (χ0) is 16.8. The zero-order valence-corrected chi connectivity index (χ0v) is 14.0. The van der Waals surface area contributed by atoms with E-state index in [4.69, 9.17) is 9.47 Å². The lowest BCUT2D eigenvalue weighted by atomic mass is 10.1. The summed E-state index contributed by atoms with van der Waals surface area (Å²) in [6.45, 7) is 3.78. The van der Waals surface area contributed by atoms with Gasteiger partial charge in [0, 0.05) is 18.2 Å². The second kappa shape index (κ2) is 7.86. The van der Waals surface area contributed by atoms with Crippen molar-refractivity contribution in [3.63, 3.8) is 0 Å². The average Bonchev–Trinajstić information content (AvgIpc) is 2.59. The number of hydrogen-bond donors (Lipinski definition) is 1. The molecule has 0 saturated heterocycles. The standard InChI is InChI=1S/C19H21N3O2/c1-14-4-3-5-16(10-14)22-19-17-11-15(12-24-9-8-23-2)6-7-18(17)20-13-21-19/h3-7,10-11,13H,8-9,12H2,1-2H3,(H,20,21,22). The van der Waals surface area contributed by atoms with Gasteiger partial charge in [0.2, 0.25) is 0 Å². The molecule has 124 valence electrons. The van der Waals surface area contributed by atoms with Gasteiger partial charge in [-0.25, -0.2) is 9.97 Å². The molecule has 0 atom stereocenters. The van der Waals surface area contributed by atoms with Crippen LogP contribution in [0.3, 0.4) is 0 Å². The molecule has 5 nitrogen and oxygen atoms in total. The minimum Gasteiger partial charge on any atom is -0.382 e. The predicted molar refractivity (Wildman–Crippen MR) is 95.5 cm³/mol. The third-order valence-corrected chi connectivity index (χ3v) is 3.68. The van der Waals surface area contributed by atoms with Crippen LogP contribution >= 0.6 is 0 Å². The fourth-order valence-electron chi connectivity index (χ4n) is 2.48. The summed E-state index contributed by atoms with van der Waals surface area (Å²) in [5, 5.41) is 4.36. The molecule has 0 unspecified atom stereocenters. The minimum atomic E-state index is 0.540. The van der Waals surface area contributed by atoms with Gasteiger partial charge in [0.15, 0.2) is 0 Å². The number of rotatable bonds is 7. The van der Waals surface area contributed by atoms with Crippen molar-refractivity contribution in [2.45, 2.75) is 13.5 Å². The summed E-state index contributed by atoms with van der Waals surface area (Å²) in [7, 11) is 1.67. The van der Waals surface area contributed by atoms with Gasteiger partial charge in [0.05, 0.1) is 25.3 Å². The topological polar surface area (TPSA) is 56.3 Å². The Hall–Kier alpha value is -2.50. The highest BCUT2D eigenvalue weighted by atomic mass is 16.5. The molecule has 1 N–H and O–H groups in total. The Kier molecular flexibility index (Phi) is 5.36. The van der Waals surface area contributed by atoms with Gasteiger partial charge in [-0.1, -0.05) is 18.2 Å². The van der Waals surface area contributed by atoms with E-state index >= 15 is 0 Å². The summed E-state index contributed by atoms with van der Waals surface area (Å²) >= 11 is 0. The number of ether oxygens (including phenoxy) is 2. The number of anilines is 2. The van der Waals surface area contributed by atoms with E-state index in [2.05, 4.69) is 40.4 Å². The van der Waals surface area contributed by atoms with Gasteiger partial charge in [0.25, 0.3) is 0 Å². The van der Waals surface area contributed by atoms with Crippen LogP contribution in [0.15, 0.2) is 48.8 Å². The van der Waals surface area contributed by atoms with Crippen LogP contribution in [0.2, 0.25) is 0 Å². The van der Waals surface area contributed by atoms with E-state index in [0.717, 1.165) is 28.0 Å². The van der Waals surface area contributed by atoms with Crippen LogP contribution in [0.4, 0.5) is 11.5 Å². The highest BCUT2D eigenvalue weighted by Gasteiger charge is 2.06. The molecule has 0 amide bonds. The van der Waals surface area contributed by atoms with Crippen LogP contribution in [0.5, 0.6) is 0 Å². The molecule has 0 fully saturated rings. The Bertz CT molecular complexity index is 821. The first-order valence-corrected chi connectivity index (χ1v) is 7.90. The molecule has 0 aliphatic carbocycles. The van der Waals surface area contributed by atoms with Crippen molar-refractivity contribution in [3.8, 4) is 0 Å². The number of benzene rings is 2. The molecule has 3 rings (SSSR count). The fourth-order valence-corrected chi connectivity index (χ4v) is 2.48. The maximum Gasteiger partial charge on any atom is 0.141 e. The summed E-state index contributed by atoms with van der Waals surface area (Å²) in [5.41, 5.74) is 4.20. The Morgan fingerprint density at radius 2 is 1.96 bits per heavy atom. The second-order valence-corrected chi connectivity index (χ2v) is 5.61. The molecule has 0 radical (unpaired) electrons. The Morgan fingerprint density at radius 3 is 2.79 bits per heavy atom. The smallest absolute Gasteiger partial charge is 0.141 e. The van der Waals surface area contributed by atoms with E-state index in [9.17, 15) is 0 Å². The van der Waals surface area contributed by atoms with Gasteiger partial charge < -0.3 is 14.8 Å². The van der Waals surface area contributed by atoms with Crippen LogP contribution < -0.4 is 5.32 Å². The van der Waals surface area contributed by atoms with Crippen molar-refractivity contribution in [1.82, 2.24) is 9.97 Å². The van der Waals surface area contributed by atoms with Crippen LogP contribution in [-0.2, 0) is 16.1 Å². The summed E-state index contributed by atoms with van der Waals surface area (Å²) in [6.07, 6.45) is 1.58. The van der Waals surface area contributed by atoms with Gasteiger partial charge in [-0.05, 0) is 42.3 Å². The van der Waals surface area contributed by atoms with Crippen molar-refractivity contribution in [3.05, 3.63) is 59.9 Å². The number of nitrogens with zero attached hydrogens (tertiary/aromatic N) is 2. The first-order valence-electron chi connectivity index (χ1n) is 7.90. The van der Waals surface area contributed by atoms with E-state index in [1.165, 1.54) is 5.56 Å². The molecule has 1 heterocycles. The lowest BCUT2D eigenvalue weighted by Crippen LogP contribution is -2.02. The van der Waals surface area contributed by atoms with E-state index in [1.54, 1.807) is 13.4 Å². The van der Waals surface area contributed by atoms with Gasteiger partial charge >= 0.3 is 0 Å². The summed E-state index contributed by atoms with van der Waals surface area (Å²) in [5.74, 6) is 0.796. The predicted octanol–water partition coefficient (Wildman–Crippen LogP) is 3.84. The average molecular weight is 323 g/mol. The summed E-state index contributed by atoms with van der Waals surface area (Å²) in [6, 6.07) is 14.3. The normalized spacial score (nSPS) is 10.9. The first-order chi connectivity index (χ1) is 11.8. The Morgan fingerprint density at radius 1 is 1.04 bits per heavy atom. The molecule has 0 aliphatic rings. The quantitative estimate of drug-likeness (QED) is 0.669. The summed E-state index contributed by atoms with van der Waals surface area (Å²) in [4.78, 5) is 8.74. The largest absolute Gasteiger partial charge is 0.382 e. The fraction of sp³-hybridized carbons (Fsp3) is 0.263. The van der Waals surface area contributed by atoms with Crippen LogP contribution in [0.1, 0.15) is 11.1 Å². The van der Waals surface area contributed by atoms with Crippen molar-refractivity contribution in [2.75, 3.05) is 25.6 Å². The molecular formula is C19H21N3O2. The lowest BCUT2D eigenvalue weighted by Gasteiger charge is -2.10. The molecule has 1 aromatic heterocycles. The maximum absolute atomic E-state index is 5.60. The maximum atomic E-state index is 5.60. The SMILES string of the molecule is COCCOCc1ccc2ncnc(Nc3cccc(C)c3)c2c1. The molecule has 0 spiro atoms.